The third-order valence-corrected chi connectivity index (χ3v) is 5.62. The quantitative estimate of drug-likeness (QED) is 0.275. The maximum absolute atomic E-state index is 12.1. The number of carbonyl (C=O) groups excluding carboxylic acids is 1. The molecule has 0 saturated heterocycles. The van der Waals surface area contributed by atoms with Gasteiger partial charge in [-0.1, -0.05) is 11.8 Å². The molecule has 0 radical (unpaired) electrons. The van der Waals surface area contributed by atoms with E-state index >= 15 is 0 Å². The number of aromatic nitrogens is 3. The van der Waals surface area contributed by atoms with Gasteiger partial charge in [-0.3, -0.25) is 4.79 Å². The fourth-order valence-corrected chi connectivity index (χ4v) is 4.18. The van der Waals surface area contributed by atoms with Gasteiger partial charge in [0.05, 0.1) is 12.0 Å². The van der Waals surface area contributed by atoms with E-state index in [1.165, 1.54) is 11.8 Å². The Hall–Kier alpha value is -3.33. The normalized spacial score (nSPS) is 12.5. The van der Waals surface area contributed by atoms with Crippen molar-refractivity contribution < 1.29 is 14.3 Å². The molecule has 1 aromatic carbocycles. The van der Waals surface area contributed by atoms with Crippen molar-refractivity contribution in [1.29, 1.82) is 0 Å². The van der Waals surface area contributed by atoms with Crippen molar-refractivity contribution in [2.75, 3.05) is 12.5 Å². The minimum Gasteiger partial charge on any atom is -0.454 e. The fourth-order valence-electron chi connectivity index (χ4n) is 3.43. The van der Waals surface area contributed by atoms with Crippen molar-refractivity contribution in [2.24, 2.45) is 5.10 Å². The number of thioether (sulfide) groups is 1. The van der Waals surface area contributed by atoms with Crippen LogP contribution in [0.2, 0.25) is 0 Å². The molecule has 8 nitrogen and oxygen atoms in total. The van der Waals surface area contributed by atoms with Crippen molar-refractivity contribution in [2.45, 2.75) is 32.9 Å². The van der Waals surface area contributed by atoms with Crippen LogP contribution in [0.3, 0.4) is 0 Å². The summed E-state index contributed by atoms with van der Waals surface area (Å²) >= 11 is 1.29. The van der Waals surface area contributed by atoms with Gasteiger partial charge in [0.15, 0.2) is 16.7 Å². The van der Waals surface area contributed by atoms with Crippen LogP contribution in [0, 0.1) is 27.7 Å². The predicted molar refractivity (Wildman–Crippen MR) is 119 cm³/mol. The highest BCUT2D eigenvalue weighted by Crippen LogP contribution is 2.34. The van der Waals surface area contributed by atoms with Crippen molar-refractivity contribution in [3.05, 3.63) is 58.7 Å². The first-order valence-electron chi connectivity index (χ1n) is 9.76. The molecule has 1 amide bonds. The molecule has 0 atom stereocenters. The molecule has 0 bridgehead atoms. The third-order valence-electron chi connectivity index (χ3n) is 4.77. The maximum atomic E-state index is 12.1. The molecule has 4 rings (SSSR count). The number of nitrogens with zero attached hydrogens (tertiary/aromatic N) is 4. The number of hydrogen-bond donors (Lipinski definition) is 1. The zero-order chi connectivity index (χ0) is 22.0. The number of carbonyl (C=O) groups is 1. The van der Waals surface area contributed by atoms with E-state index in [2.05, 4.69) is 25.1 Å². The number of nitrogens with one attached hydrogen (secondary N) is 1. The highest BCUT2D eigenvalue weighted by Gasteiger charge is 2.16. The molecular weight excluding hydrogens is 414 g/mol. The number of amides is 1. The van der Waals surface area contributed by atoms with E-state index in [-0.39, 0.29) is 18.5 Å². The summed E-state index contributed by atoms with van der Waals surface area (Å²) in [7, 11) is 0. The van der Waals surface area contributed by atoms with Crippen LogP contribution < -0.4 is 14.9 Å². The lowest BCUT2D eigenvalue weighted by atomic mass is 10.2. The van der Waals surface area contributed by atoms with Crippen LogP contribution in [0.1, 0.15) is 28.3 Å². The first-order valence-corrected chi connectivity index (χ1v) is 10.8. The molecular formula is C22H23N5O3S. The second-order valence-electron chi connectivity index (χ2n) is 7.21. The number of fused-ring (bicyclic) bond motifs is 1. The van der Waals surface area contributed by atoms with Gasteiger partial charge in [-0.05, 0) is 52.0 Å². The number of benzene rings is 1. The number of aryl methyl sites for hydroxylation is 3. The molecule has 1 aliphatic rings. The Balaban J connectivity index is 1.40. The second-order valence-corrected chi connectivity index (χ2v) is 8.16. The lowest BCUT2D eigenvalue weighted by Crippen LogP contribution is -2.19. The Morgan fingerprint density at radius 2 is 1.87 bits per heavy atom. The van der Waals surface area contributed by atoms with Crippen LogP contribution in [0.15, 0.2) is 40.6 Å². The molecule has 3 aromatic rings. The van der Waals surface area contributed by atoms with Crippen molar-refractivity contribution >= 4 is 23.9 Å². The Labute approximate surface area is 184 Å². The van der Waals surface area contributed by atoms with Gasteiger partial charge in [0, 0.05) is 40.1 Å². The Kier molecular flexibility index (Phi) is 5.94. The van der Waals surface area contributed by atoms with E-state index < -0.39 is 0 Å². The number of ether oxygens (including phenoxy) is 2. The zero-order valence-corrected chi connectivity index (χ0v) is 18.6. The van der Waals surface area contributed by atoms with E-state index in [4.69, 9.17) is 9.47 Å². The summed E-state index contributed by atoms with van der Waals surface area (Å²) in [6.45, 7) is 8.09. The topological polar surface area (TPSA) is 90.6 Å². The van der Waals surface area contributed by atoms with Gasteiger partial charge < -0.3 is 14.0 Å². The molecule has 1 N–H and O–H groups in total. The lowest BCUT2D eigenvalue weighted by Gasteiger charge is -2.10. The van der Waals surface area contributed by atoms with Crippen molar-refractivity contribution in [3.8, 4) is 17.2 Å². The maximum Gasteiger partial charge on any atom is 0.250 e. The van der Waals surface area contributed by atoms with Gasteiger partial charge in [-0.2, -0.15) is 5.10 Å². The number of rotatable bonds is 6. The second kappa shape index (κ2) is 8.81. The summed E-state index contributed by atoms with van der Waals surface area (Å²) in [4.78, 5) is 20.8. The van der Waals surface area contributed by atoms with Crippen LogP contribution in [0.5, 0.6) is 11.5 Å². The summed E-state index contributed by atoms with van der Waals surface area (Å²) in [6.07, 6.45) is 1.65. The molecule has 0 spiro atoms. The van der Waals surface area contributed by atoms with Gasteiger partial charge in [0.2, 0.25) is 6.79 Å². The molecule has 0 unspecified atom stereocenters. The highest BCUT2D eigenvalue weighted by atomic mass is 32.2. The van der Waals surface area contributed by atoms with Crippen molar-refractivity contribution in [1.82, 2.24) is 20.0 Å². The lowest BCUT2D eigenvalue weighted by molar-refractivity contribution is -0.118. The fraction of sp³-hybridized carbons (Fsp3) is 0.273. The first kappa shape index (κ1) is 20.9. The van der Waals surface area contributed by atoms with Gasteiger partial charge >= 0.3 is 0 Å². The Bertz CT molecular complexity index is 1150. The minimum absolute atomic E-state index is 0.191. The Morgan fingerprint density at radius 1 is 1.13 bits per heavy atom. The first-order chi connectivity index (χ1) is 14.9. The van der Waals surface area contributed by atoms with Gasteiger partial charge in [-0.25, -0.2) is 15.4 Å². The van der Waals surface area contributed by atoms with Crippen LogP contribution in [0.4, 0.5) is 0 Å². The molecule has 0 fully saturated rings. The van der Waals surface area contributed by atoms with Crippen molar-refractivity contribution in [3.63, 3.8) is 0 Å². The largest absolute Gasteiger partial charge is 0.454 e. The van der Waals surface area contributed by atoms with Gasteiger partial charge in [0.25, 0.3) is 5.91 Å². The summed E-state index contributed by atoms with van der Waals surface area (Å²) in [5.41, 5.74) is 8.28. The van der Waals surface area contributed by atoms with E-state index in [1.54, 1.807) is 6.21 Å². The SMILES string of the molecule is Cc1cc(C)nc(SCC(=O)N/N=C\c2cc(C)n(-c3ccc4c(c3)OCO4)c2C)n1. The molecule has 1 aliphatic heterocycles. The summed E-state index contributed by atoms with van der Waals surface area (Å²) in [5.74, 6) is 1.46. The van der Waals surface area contributed by atoms with E-state index in [9.17, 15) is 4.79 Å². The molecule has 31 heavy (non-hydrogen) atoms. The summed E-state index contributed by atoms with van der Waals surface area (Å²) in [5, 5.41) is 4.71. The monoisotopic (exact) mass is 437 g/mol. The predicted octanol–water partition coefficient (Wildman–Crippen LogP) is 3.47. The van der Waals surface area contributed by atoms with Gasteiger partial charge in [-0.15, -0.1) is 0 Å². The number of hydrazone groups is 1. The molecule has 0 aliphatic carbocycles. The van der Waals surface area contributed by atoms with E-state index in [0.717, 1.165) is 45.5 Å². The standard InChI is InChI=1S/C22H23N5O3S/c1-13-7-14(2)25-22(24-13)31-11-21(28)26-23-10-17-8-15(3)27(16(17)4)18-5-6-19-20(9-18)30-12-29-19/h5-10H,11-12H2,1-4H3,(H,26,28)/b23-10-. The average Bonchev–Trinajstić information content (AvgIpc) is 3.29. The van der Waals surface area contributed by atoms with E-state index in [1.807, 2.05) is 58.0 Å². The van der Waals surface area contributed by atoms with Crippen LogP contribution in [-0.2, 0) is 4.79 Å². The van der Waals surface area contributed by atoms with Crippen LogP contribution in [-0.4, -0.2) is 39.2 Å². The molecule has 2 aromatic heterocycles. The minimum atomic E-state index is -0.214. The number of hydrogen-bond acceptors (Lipinski definition) is 7. The zero-order valence-electron chi connectivity index (χ0n) is 17.8. The molecule has 3 heterocycles. The highest BCUT2D eigenvalue weighted by molar-refractivity contribution is 7.99. The van der Waals surface area contributed by atoms with Crippen LogP contribution in [0.25, 0.3) is 5.69 Å². The molecule has 9 heteroatoms. The molecule has 160 valence electrons. The van der Waals surface area contributed by atoms with E-state index in [0.29, 0.717) is 5.16 Å². The summed E-state index contributed by atoms with van der Waals surface area (Å²) < 4.78 is 13.0. The summed E-state index contributed by atoms with van der Waals surface area (Å²) in [6, 6.07) is 9.77. The molecule has 0 saturated carbocycles. The van der Waals surface area contributed by atoms with Crippen LogP contribution >= 0.6 is 11.8 Å². The average molecular weight is 438 g/mol. The Morgan fingerprint density at radius 3 is 2.65 bits per heavy atom. The van der Waals surface area contributed by atoms with Gasteiger partial charge in [0.1, 0.15) is 0 Å². The smallest absolute Gasteiger partial charge is 0.250 e. The third kappa shape index (κ3) is 4.72.